The van der Waals surface area contributed by atoms with Crippen molar-refractivity contribution in [3.8, 4) is 0 Å². The lowest BCUT2D eigenvalue weighted by Gasteiger charge is -2.05. The molecule has 2 aromatic heterocycles. The Morgan fingerprint density at radius 1 is 1.22 bits per heavy atom. The van der Waals surface area contributed by atoms with Crippen LogP contribution in [-0.2, 0) is 17.9 Å². The van der Waals surface area contributed by atoms with Crippen molar-refractivity contribution in [2.75, 3.05) is 0 Å². The standard InChI is InChI=1S/C13H11F7N6O/c14-11(15)8-3-9(12(16)17)26(24-8)5-10(27)22-21-4-7-1-2-25(23-7)6-13(18,19)20/h1-4,11-12H,5-6H2,(H,22,27)/b21-4-. The molecule has 0 unspecified atom stereocenters. The lowest BCUT2D eigenvalue weighted by Crippen LogP contribution is -2.25. The van der Waals surface area contributed by atoms with E-state index in [0.717, 1.165) is 12.4 Å². The van der Waals surface area contributed by atoms with Crippen molar-refractivity contribution in [2.45, 2.75) is 32.1 Å². The summed E-state index contributed by atoms with van der Waals surface area (Å²) in [6.07, 6.45) is -8.71. The summed E-state index contributed by atoms with van der Waals surface area (Å²) < 4.78 is 88.3. The fourth-order valence-corrected chi connectivity index (χ4v) is 1.92. The van der Waals surface area contributed by atoms with E-state index in [1.165, 1.54) is 6.07 Å². The van der Waals surface area contributed by atoms with Gasteiger partial charge >= 0.3 is 6.18 Å². The molecule has 2 aromatic rings. The maximum atomic E-state index is 12.8. The van der Waals surface area contributed by atoms with Gasteiger partial charge in [-0.3, -0.25) is 14.2 Å². The van der Waals surface area contributed by atoms with Gasteiger partial charge in [0, 0.05) is 6.20 Å². The predicted molar refractivity (Wildman–Crippen MR) is 76.2 cm³/mol. The van der Waals surface area contributed by atoms with Crippen molar-refractivity contribution in [3.63, 3.8) is 0 Å². The summed E-state index contributed by atoms with van der Waals surface area (Å²) in [7, 11) is 0. The Kier molecular flexibility index (Phi) is 6.17. The quantitative estimate of drug-likeness (QED) is 0.441. The van der Waals surface area contributed by atoms with Crippen molar-refractivity contribution in [2.24, 2.45) is 5.10 Å². The summed E-state index contributed by atoms with van der Waals surface area (Å²) in [5, 5.41) is 10.2. The smallest absolute Gasteiger partial charge is 0.271 e. The molecule has 0 fully saturated rings. The number of hydrogen-bond acceptors (Lipinski definition) is 4. The van der Waals surface area contributed by atoms with E-state index in [0.29, 0.717) is 15.4 Å². The highest BCUT2D eigenvalue weighted by Gasteiger charge is 2.28. The van der Waals surface area contributed by atoms with Gasteiger partial charge in [-0.25, -0.2) is 23.0 Å². The summed E-state index contributed by atoms with van der Waals surface area (Å²) >= 11 is 0. The van der Waals surface area contributed by atoms with E-state index in [9.17, 15) is 35.5 Å². The van der Waals surface area contributed by atoms with Gasteiger partial charge in [0.15, 0.2) is 0 Å². The van der Waals surface area contributed by atoms with E-state index >= 15 is 0 Å². The molecule has 0 atom stereocenters. The van der Waals surface area contributed by atoms with Crippen LogP contribution < -0.4 is 5.43 Å². The number of hydrazone groups is 1. The fraction of sp³-hybridized carbons (Fsp3) is 0.385. The van der Waals surface area contributed by atoms with Gasteiger partial charge in [-0.1, -0.05) is 0 Å². The third-order valence-corrected chi connectivity index (χ3v) is 2.96. The molecule has 0 saturated carbocycles. The molecule has 148 valence electrons. The molecule has 0 saturated heterocycles. The molecule has 0 aliphatic carbocycles. The first-order valence-corrected chi connectivity index (χ1v) is 7.11. The van der Waals surface area contributed by atoms with Gasteiger partial charge in [0.1, 0.15) is 30.2 Å². The summed E-state index contributed by atoms with van der Waals surface area (Å²) in [4.78, 5) is 11.7. The normalized spacial score (nSPS) is 12.5. The van der Waals surface area contributed by atoms with Crippen LogP contribution in [0.1, 0.15) is 29.9 Å². The van der Waals surface area contributed by atoms with Crippen LogP contribution in [0.3, 0.4) is 0 Å². The number of rotatable bonds is 7. The van der Waals surface area contributed by atoms with E-state index in [1.54, 1.807) is 0 Å². The van der Waals surface area contributed by atoms with Gasteiger partial charge in [-0.15, -0.1) is 0 Å². The Morgan fingerprint density at radius 2 is 1.93 bits per heavy atom. The first-order valence-electron chi connectivity index (χ1n) is 7.11. The lowest BCUT2D eigenvalue weighted by atomic mass is 10.3. The van der Waals surface area contributed by atoms with Crippen LogP contribution in [-0.4, -0.2) is 37.9 Å². The number of halogens is 7. The molecule has 7 nitrogen and oxygen atoms in total. The minimum atomic E-state index is -4.46. The van der Waals surface area contributed by atoms with Crippen molar-refractivity contribution in [1.82, 2.24) is 25.0 Å². The van der Waals surface area contributed by atoms with Gasteiger partial charge in [0.2, 0.25) is 0 Å². The lowest BCUT2D eigenvalue weighted by molar-refractivity contribution is -0.142. The van der Waals surface area contributed by atoms with Crippen LogP contribution in [0.15, 0.2) is 23.4 Å². The number of nitrogens with zero attached hydrogens (tertiary/aromatic N) is 5. The molecule has 1 amide bonds. The second kappa shape index (κ2) is 8.18. The number of nitrogens with one attached hydrogen (secondary N) is 1. The molecular formula is C13H11F7N6O. The summed E-state index contributed by atoms with van der Waals surface area (Å²) in [5.74, 6) is -0.966. The molecule has 1 N–H and O–H groups in total. The van der Waals surface area contributed by atoms with Crippen LogP contribution in [0.4, 0.5) is 30.7 Å². The molecule has 0 aliphatic rings. The van der Waals surface area contributed by atoms with Crippen LogP contribution in [0, 0.1) is 0 Å². The molecule has 2 heterocycles. The van der Waals surface area contributed by atoms with E-state index in [4.69, 9.17) is 0 Å². The highest BCUT2D eigenvalue weighted by atomic mass is 19.4. The van der Waals surface area contributed by atoms with Crippen molar-refractivity contribution < 1.29 is 35.5 Å². The molecular weight excluding hydrogens is 389 g/mol. The molecule has 2 rings (SSSR count). The number of aromatic nitrogens is 4. The molecule has 14 heteroatoms. The number of amides is 1. The Labute approximate surface area is 146 Å². The topological polar surface area (TPSA) is 77.1 Å². The van der Waals surface area contributed by atoms with Gasteiger partial charge in [0.25, 0.3) is 18.8 Å². The first-order chi connectivity index (χ1) is 12.5. The first kappa shape index (κ1) is 20.4. The van der Waals surface area contributed by atoms with Gasteiger partial charge in [-0.05, 0) is 12.1 Å². The summed E-state index contributed by atoms with van der Waals surface area (Å²) in [6.45, 7) is -2.12. The van der Waals surface area contributed by atoms with Crippen molar-refractivity contribution in [1.29, 1.82) is 0 Å². The summed E-state index contributed by atoms with van der Waals surface area (Å²) in [5.41, 5.74) is 0.129. The maximum absolute atomic E-state index is 12.8. The molecule has 0 aliphatic heterocycles. The van der Waals surface area contributed by atoms with Crippen LogP contribution >= 0.6 is 0 Å². The number of hydrogen-bond donors (Lipinski definition) is 1. The zero-order valence-corrected chi connectivity index (χ0v) is 13.2. The van der Waals surface area contributed by atoms with E-state index < -0.39 is 49.4 Å². The predicted octanol–water partition coefficient (Wildman–Crippen LogP) is 2.67. The van der Waals surface area contributed by atoms with Crippen LogP contribution in [0.25, 0.3) is 0 Å². The monoisotopic (exact) mass is 400 g/mol. The molecule has 0 aromatic carbocycles. The Morgan fingerprint density at radius 3 is 2.52 bits per heavy atom. The second-order valence-electron chi connectivity index (χ2n) is 5.10. The molecule has 0 spiro atoms. The Balaban J connectivity index is 1.96. The molecule has 0 radical (unpaired) electrons. The number of carbonyl (C=O) groups is 1. The maximum Gasteiger partial charge on any atom is 0.408 e. The van der Waals surface area contributed by atoms with Crippen LogP contribution in [0.5, 0.6) is 0 Å². The summed E-state index contributed by atoms with van der Waals surface area (Å²) in [6, 6.07) is 1.68. The Bertz CT molecular complexity index is 810. The molecule has 27 heavy (non-hydrogen) atoms. The van der Waals surface area contributed by atoms with E-state index in [1.807, 2.05) is 5.43 Å². The van der Waals surface area contributed by atoms with Gasteiger partial charge in [-0.2, -0.15) is 28.5 Å². The third-order valence-electron chi connectivity index (χ3n) is 2.96. The average molecular weight is 400 g/mol. The minimum Gasteiger partial charge on any atom is -0.271 e. The zero-order chi connectivity index (χ0) is 20.2. The largest absolute Gasteiger partial charge is 0.408 e. The SMILES string of the molecule is O=C(Cn1nc(C(F)F)cc1C(F)F)N/N=C\c1ccn(CC(F)(F)F)n1. The highest BCUT2D eigenvalue weighted by molar-refractivity contribution is 5.80. The van der Waals surface area contributed by atoms with Crippen LogP contribution in [0.2, 0.25) is 0 Å². The van der Waals surface area contributed by atoms with Crippen molar-refractivity contribution in [3.05, 3.63) is 35.4 Å². The average Bonchev–Trinajstić information content (AvgIpc) is 3.12. The van der Waals surface area contributed by atoms with Gasteiger partial charge in [0.05, 0.1) is 6.21 Å². The van der Waals surface area contributed by atoms with Crippen molar-refractivity contribution >= 4 is 12.1 Å². The second-order valence-corrected chi connectivity index (χ2v) is 5.10. The third kappa shape index (κ3) is 6.07. The van der Waals surface area contributed by atoms with E-state index in [-0.39, 0.29) is 5.69 Å². The number of carbonyl (C=O) groups excluding carboxylic acids is 1. The van der Waals surface area contributed by atoms with E-state index in [2.05, 4.69) is 15.3 Å². The molecule has 0 bridgehead atoms. The zero-order valence-electron chi connectivity index (χ0n) is 13.2. The minimum absolute atomic E-state index is 0.00750. The number of alkyl halides is 7. The Hall–Kier alpha value is -2.93. The van der Waals surface area contributed by atoms with Gasteiger partial charge < -0.3 is 0 Å². The highest BCUT2D eigenvalue weighted by Crippen LogP contribution is 2.24. The fourth-order valence-electron chi connectivity index (χ4n) is 1.92.